The van der Waals surface area contributed by atoms with E-state index >= 15 is 0 Å². The van der Waals surface area contributed by atoms with Gasteiger partial charge in [-0.1, -0.05) is 18.1 Å². The molecule has 0 spiro atoms. The highest BCUT2D eigenvalue weighted by Gasteiger charge is 2.19. The van der Waals surface area contributed by atoms with Gasteiger partial charge in [0, 0.05) is 11.1 Å². The molecule has 0 bridgehead atoms. The Morgan fingerprint density at radius 3 is 2.81 bits per heavy atom. The fourth-order valence-corrected chi connectivity index (χ4v) is 2.98. The highest BCUT2D eigenvalue weighted by molar-refractivity contribution is 6.08. The summed E-state index contributed by atoms with van der Waals surface area (Å²) in [6.07, 6.45) is 9.09. The number of ether oxygens (including phenoxy) is 2. The lowest BCUT2D eigenvalue weighted by atomic mass is 9.91. The van der Waals surface area contributed by atoms with E-state index in [2.05, 4.69) is 11.2 Å². The second-order valence-electron chi connectivity index (χ2n) is 6.02. The smallest absolute Gasteiger partial charge is 0.251 e. The van der Waals surface area contributed by atoms with Gasteiger partial charge < -0.3 is 14.8 Å². The van der Waals surface area contributed by atoms with Crippen LogP contribution >= 0.6 is 0 Å². The summed E-state index contributed by atoms with van der Waals surface area (Å²) in [5.74, 6) is 3.37. The van der Waals surface area contributed by atoms with Crippen LogP contribution in [-0.4, -0.2) is 25.9 Å². The predicted molar refractivity (Wildman–Crippen MR) is 104 cm³/mol. The first-order chi connectivity index (χ1) is 13.2. The molecule has 5 nitrogen and oxygen atoms in total. The van der Waals surface area contributed by atoms with Gasteiger partial charge in [0.15, 0.2) is 17.8 Å². The minimum Gasteiger partial charge on any atom is -0.493 e. The Morgan fingerprint density at radius 1 is 1.26 bits per heavy atom. The summed E-state index contributed by atoms with van der Waals surface area (Å²) >= 11 is 0. The lowest BCUT2D eigenvalue weighted by Gasteiger charge is -2.19. The Labute approximate surface area is 158 Å². The molecule has 0 radical (unpaired) electrons. The van der Waals surface area contributed by atoms with Crippen LogP contribution in [0.25, 0.3) is 6.08 Å². The van der Waals surface area contributed by atoms with Gasteiger partial charge in [0.25, 0.3) is 5.91 Å². The SMILES string of the molecule is C#CCOc1cc2c(cc1OC)C=C(C(=O)Nc1ccccc1C=O)CC2. The summed E-state index contributed by atoms with van der Waals surface area (Å²) in [6.45, 7) is 0.161. The summed E-state index contributed by atoms with van der Waals surface area (Å²) < 4.78 is 10.9. The maximum absolute atomic E-state index is 12.6. The molecule has 0 saturated heterocycles. The van der Waals surface area contributed by atoms with Crippen LogP contribution in [0.3, 0.4) is 0 Å². The quantitative estimate of drug-likeness (QED) is 0.632. The van der Waals surface area contributed by atoms with Crippen LogP contribution in [-0.2, 0) is 11.2 Å². The zero-order chi connectivity index (χ0) is 19.2. The molecule has 2 aromatic carbocycles. The molecule has 1 aliphatic carbocycles. The zero-order valence-corrected chi connectivity index (χ0v) is 15.0. The molecule has 0 aromatic heterocycles. The van der Waals surface area contributed by atoms with Gasteiger partial charge in [-0.15, -0.1) is 6.42 Å². The second kappa shape index (κ2) is 8.24. The van der Waals surface area contributed by atoms with Crippen molar-refractivity contribution in [2.75, 3.05) is 19.0 Å². The van der Waals surface area contributed by atoms with Gasteiger partial charge in [-0.2, -0.15) is 0 Å². The maximum atomic E-state index is 12.6. The van der Waals surface area contributed by atoms with Gasteiger partial charge in [0.2, 0.25) is 0 Å². The molecular weight excluding hydrogens is 342 g/mol. The van der Waals surface area contributed by atoms with Crippen molar-refractivity contribution in [1.82, 2.24) is 0 Å². The van der Waals surface area contributed by atoms with Crippen molar-refractivity contribution in [2.24, 2.45) is 0 Å². The van der Waals surface area contributed by atoms with Gasteiger partial charge in [0.05, 0.1) is 12.8 Å². The first-order valence-electron chi connectivity index (χ1n) is 8.49. The molecule has 2 aromatic rings. The molecule has 1 aliphatic rings. The van der Waals surface area contributed by atoms with Crippen LogP contribution in [0.15, 0.2) is 42.0 Å². The molecule has 0 fully saturated rings. The monoisotopic (exact) mass is 361 g/mol. The third-order valence-electron chi connectivity index (χ3n) is 4.36. The van der Waals surface area contributed by atoms with E-state index in [-0.39, 0.29) is 12.5 Å². The third kappa shape index (κ3) is 4.01. The van der Waals surface area contributed by atoms with Gasteiger partial charge >= 0.3 is 0 Å². The number of hydrogen-bond acceptors (Lipinski definition) is 4. The van der Waals surface area contributed by atoms with Crippen molar-refractivity contribution in [3.05, 3.63) is 58.7 Å². The van der Waals surface area contributed by atoms with E-state index in [1.807, 2.05) is 18.2 Å². The van der Waals surface area contributed by atoms with Crippen molar-refractivity contribution in [2.45, 2.75) is 12.8 Å². The molecule has 0 heterocycles. The number of aryl methyl sites for hydroxylation is 1. The molecule has 3 rings (SSSR count). The Balaban J connectivity index is 1.86. The number of terminal acetylenes is 1. The highest BCUT2D eigenvalue weighted by Crippen LogP contribution is 2.35. The number of benzene rings is 2. The van der Waals surface area contributed by atoms with Gasteiger partial charge in [0.1, 0.15) is 6.61 Å². The highest BCUT2D eigenvalue weighted by atomic mass is 16.5. The molecule has 0 atom stereocenters. The number of carbonyl (C=O) groups excluding carboxylic acids is 2. The summed E-state index contributed by atoms with van der Waals surface area (Å²) in [4.78, 5) is 23.8. The molecule has 0 aliphatic heterocycles. The summed E-state index contributed by atoms with van der Waals surface area (Å²) in [7, 11) is 1.56. The molecule has 1 amide bonds. The van der Waals surface area contributed by atoms with Crippen LogP contribution in [0.4, 0.5) is 5.69 Å². The minimum atomic E-state index is -0.221. The number of methoxy groups -OCH3 is 1. The number of para-hydroxylation sites is 1. The Hall–Kier alpha value is -3.52. The van der Waals surface area contributed by atoms with E-state index in [0.717, 1.165) is 17.4 Å². The number of fused-ring (bicyclic) bond motifs is 1. The van der Waals surface area contributed by atoms with Gasteiger partial charge in [-0.05, 0) is 54.3 Å². The number of anilines is 1. The minimum absolute atomic E-state index is 0.161. The number of aldehydes is 1. The lowest BCUT2D eigenvalue weighted by molar-refractivity contribution is -0.112. The van der Waals surface area contributed by atoms with Crippen LogP contribution in [0.1, 0.15) is 27.9 Å². The van der Waals surface area contributed by atoms with Crippen molar-refractivity contribution < 1.29 is 19.1 Å². The van der Waals surface area contributed by atoms with E-state index in [4.69, 9.17) is 15.9 Å². The Bertz CT molecular complexity index is 953. The third-order valence-corrected chi connectivity index (χ3v) is 4.36. The first kappa shape index (κ1) is 18.3. The predicted octanol–water partition coefficient (Wildman–Crippen LogP) is 3.49. The second-order valence-corrected chi connectivity index (χ2v) is 6.02. The van der Waals surface area contributed by atoms with E-state index in [1.54, 1.807) is 31.4 Å². The van der Waals surface area contributed by atoms with E-state index < -0.39 is 0 Å². The molecule has 27 heavy (non-hydrogen) atoms. The van der Waals surface area contributed by atoms with Gasteiger partial charge in [-0.3, -0.25) is 9.59 Å². The van der Waals surface area contributed by atoms with Crippen LogP contribution in [0.2, 0.25) is 0 Å². The molecule has 0 unspecified atom stereocenters. The zero-order valence-electron chi connectivity index (χ0n) is 15.0. The topological polar surface area (TPSA) is 64.6 Å². The largest absolute Gasteiger partial charge is 0.493 e. The fraction of sp³-hybridized carbons (Fsp3) is 0.182. The van der Waals surface area contributed by atoms with Gasteiger partial charge in [-0.25, -0.2) is 0 Å². The van der Waals surface area contributed by atoms with Crippen LogP contribution in [0, 0.1) is 12.3 Å². The van der Waals surface area contributed by atoms with Crippen molar-refractivity contribution in [1.29, 1.82) is 0 Å². The molecule has 5 heteroatoms. The molecule has 136 valence electrons. The standard InChI is InChI=1S/C22H19NO4/c1-3-10-27-21-12-15-8-9-16(11-18(15)13-20(21)26-2)22(25)23-19-7-5-4-6-17(19)14-24/h1,4-7,11-14H,8-10H2,2H3,(H,23,25). The molecule has 1 N–H and O–H groups in total. The van der Waals surface area contributed by atoms with Crippen molar-refractivity contribution in [3.63, 3.8) is 0 Å². The molecule has 0 saturated carbocycles. The van der Waals surface area contributed by atoms with Crippen LogP contribution in [0.5, 0.6) is 11.5 Å². The number of carbonyl (C=O) groups is 2. The summed E-state index contributed by atoms with van der Waals surface area (Å²) in [6, 6.07) is 10.6. The van der Waals surface area contributed by atoms with Crippen molar-refractivity contribution in [3.8, 4) is 23.8 Å². The maximum Gasteiger partial charge on any atom is 0.251 e. The lowest BCUT2D eigenvalue weighted by Crippen LogP contribution is -2.18. The summed E-state index contributed by atoms with van der Waals surface area (Å²) in [5, 5.41) is 2.81. The fourth-order valence-electron chi connectivity index (χ4n) is 2.98. The normalized spacial score (nSPS) is 12.2. The van der Waals surface area contributed by atoms with E-state index in [1.165, 1.54) is 0 Å². The number of nitrogens with one attached hydrogen (secondary N) is 1. The molecular formula is C22H19NO4. The van der Waals surface area contributed by atoms with E-state index in [9.17, 15) is 9.59 Å². The van der Waals surface area contributed by atoms with Crippen LogP contribution < -0.4 is 14.8 Å². The number of amides is 1. The first-order valence-corrected chi connectivity index (χ1v) is 8.49. The van der Waals surface area contributed by atoms with E-state index in [0.29, 0.717) is 41.2 Å². The van der Waals surface area contributed by atoms with Crippen molar-refractivity contribution >= 4 is 24.0 Å². The Kier molecular flexibility index (Phi) is 5.58. The Morgan fingerprint density at radius 2 is 2.07 bits per heavy atom. The summed E-state index contributed by atoms with van der Waals surface area (Å²) in [5.41, 5.74) is 3.55. The average Bonchev–Trinajstić information content (AvgIpc) is 2.71. The number of rotatable bonds is 6. The number of hydrogen-bond donors (Lipinski definition) is 1. The average molecular weight is 361 g/mol.